The van der Waals surface area contributed by atoms with E-state index < -0.39 is 11.8 Å². The van der Waals surface area contributed by atoms with Gasteiger partial charge in [0, 0.05) is 15.7 Å². The lowest BCUT2D eigenvalue weighted by Gasteiger charge is -2.16. The van der Waals surface area contributed by atoms with Gasteiger partial charge in [-0.3, -0.25) is 9.59 Å². The van der Waals surface area contributed by atoms with Crippen molar-refractivity contribution in [1.29, 1.82) is 0 Å². The van der Waals surface area contributed by atoms with E-state index in [0.29, 0.717) is 21.3 Å². The Labute approximate surface area is 191 Å². The summed E-state index contributed by atoms with van der Waals surface area (Å²) in [5, 5.41) is 4.20. The van der Waals surface area contributed by atoms with Crippen LogP contribution >= 0.6 is 23.2 Å². The summed E-state index contributed by atoms with van der Waals surface area (Å²) in [5.41, 5.74) is 4.31. The number of anilines is 2. The van der Waals surface area contributed by atoms with E-state index in [0.717, 1.165) is 22.6 Å². The van der Waals surface area contributed by atoms with Gasteiger partial charge in [-0.15, -0.1) is 0 Å². The molecule has 4 nitrogen and oxygen atoms in total. The Hall–Kier alpha value is -3.08. The van der Waals surface area contributed by atoms with Crippen LogP contribution in [0.15, 0.2) is 72.4 Å². The molecule has 1 N–H and O–H groups in total. The second kappa shape index (κ2) is 8.58. The van der Waals surface area contributed by atoms with Crippen LogP contribution in [0.3, 0.4) is 0 Å². The van der Waals surface area contributed by atoms with Crippen LogP contribution in [0.1, 0.15) is 23.6 Å². The van der Waals surface area contributed by atoms with Gasteiger partial charge in [-0.1, -0.05) is 60.5 Å². The largest absolute Gasteiger partial charge is 0.350 e. The van der Waals surface area contributed by atoms with Gasteiger partial charge in [-0.25, -0.2) is 4.90 Å². The van der Waals surface area contributed by atoms with E-state index in [1.54, 1.807) is 42.5 Å². The second-order valence-electron chi connectivity index (χ2n) is 7.31. The minimum atomic E-state index is -0.436. The number of hydrogen-bond donors (Lipinski definition) is 1. The zero-order chi connectivity index (χ0) is 22.1. The summed E-state index contributed by atoms with van der Waals surface area (Å²) >= 11 is 12.3. The molecule has 3 aromatic carbocycles. The summed E-state index contributed by atoms with van der Waals surface area (Å²) in [7, 11) is 0. The molecule has 0 unspecified atom stereocenters. The molecule has 4 rings (SSSR count). The first kappa shape index (κ1) is 21.2. The van der Waals surface area contributed by atoms with Crippen molar-refractivity contribution in [2.75, 3.05) is 10.2 Å². The minimum absolute atomic E-state index is 0.216. The molecule has 31 heavy (non-hydrogen) atoms. The Kier molecular flexibility index (Phi) is 5.86. The van der Waals surface area contributed by atoms with Crippen LogP contribution in [-0.2, 0) is 16.0 Å². The molecule has 0 saturated heterocycles. The molecular formula is C25H20Cl2N2O2. The molecule has 0 atom stereocenters. The average Bonchev–Trinajstić information content (AvgIpc) is 3.01. The number of nitrogens with one attached hydrogen (secondary N) is 1. The van der Waals surface area contributed by atoms with Crippen molar-refractivity contribution in [1.82, 2.24) is 0 Å². The first-order chi connectivity index (χ1) is 14.9. The lowest BCUT2D eigenvalue weighted by Crippen LogP contribution is -2.32. The lowest BCUT2D eigenvalue weighted by atomic mass is 10.0. The summed E-state index contributed by atoms with van der Waals surface area (Å²) in [6.45, 7) is 3.94. The van der Waals surface area contributed by atoms with Crippen molar-refractivity contribution < 1.29 is 9.59 Å². The van der Waals surface area contributed by atoms with Crippen LogP contribution in [-0.4, -0.2) is 11.8 Å². The van der Waals surface area contributed by atoms with Crippen LogP contribution in [0.25, 0.3) is 5.57 Å². The number of carbonyl (C=O) groups excluding carboxylic acids is 2. The normalized spacial score (nSPS) is 13.9. The number of aryl methyl sites for hydroxylation is 2. The lowest BCUT2D eigenvalue weighted by molar-refractivity contribution is -0.120. The molecular weight excluding hydrogens is 431 g/mol. The standard InChI is InChI=1S/C25H20Cl2N2O2/c1-3-16-5-11-19(12-6-16)28-23-22(17-7-9-18(26)10-8-17)24(30)29(25(23)31)20-13-4-15(2)21(27)14-20/h4-14,28H,3H2,1-2H3. The quantitative estimate of drug-likeness (QED) is 0.466. The fourth-order valence-electron chi connectivity index (χ4n) is 3.45. The van der Waals surface area contributed by atoms with Crippen molar-refractivity contribution in [3.05, 3.63) is 99.2 Å². The molecule has 3 aromatic rings. The van der Waals surface area contributed by atoms with Crippen LogP contribution < -0.4 is 10.2 Å². The first-order valence-corrected chi connectivity index (χ1v) is 10.7. The number of amides is 2. The number of halogens is 2. The molecule has 6 heteroatoms. The van der Waals surface area contributed by atoms with Crippen LogP contribution in [0, 0.1) is 6.92 Å². The highest BCUT2D eigenvalue weighted by atomic mass is 35.5. The predicted molar refractivity (Wildman–Crippen MR) is 126 cm³/mol. The molecule has 1 aliphatic heterocycles. The van der Waals surface area contributed by atoms with Crippen molar-refractivity contribution >= 4 is 52.0 Å². The first-order valence-electron chi connectivity index (χ1n) is 9.90. The Morgan fingerprint density at radius 2 is 1.55 bits per heavy atom. The fraction of sp³-hybridized carbons (Fsp3) is 0.120. The molecule has 0 radical (unpaired) electrons. The van der Waals surface area contributed by atoms with E-state index in [1.165, 1.54) is 5.56 Å². The number of rotatable bonds is 5. The van der Waals surface area contributed by atoms with E-state index in [2.05, 4.69) is 12.2 Å². The molecule has 0 spiro atoms. The van der Waals surface area contributed by atoms with Crippen molar-refractivity contribution in [2.24, 2.45) is 0 Å². The Morgan fingerprint density at radius 3 is 2.16 bits per heavy atom. The molecule has 1 aliphatic rings. The zero-order valence-electron chi connectivity index (χ0n) is 17.1. The smallest absolute Gasteiger partial charge is 0.282 e. The van der Waals surface area contributed by atoms with Crippen molar-refractivity contribution in [3.63, 3.8) is 0 Å². The summed E-state index contributed by atoms with van der Waals surface area (Å²) < 4.78 is 0. The number of carbonyl (C=O) groups is 2. The van der Waals surface area contributed by atoms with E-state index in [9.17, 15) is 9.59 Å². The molecule has 2 amide bonds. The van der Waals surface area contributed by atoms with Crippen molar-refractivity contribution in [3.8, 4) is 0 Å². The van der Waals surface area contributed by atoms with Gasteiger partial charge in [0.05, 0.1) is 11.3 Å². The van der Waals surface area contributed by atoms with Gasteiger partial charge in [-0.05, 0) is 66.4 Å². The highest BCUT2D eigenvalue weighted by Crippen LogP contribution is 2.35. The predicted octanol–water partition coefficient (Wildman–Crippen LogP) is 6.26. The van der Waals surface area contributed by atoms with Gasteiger partial charge in [-0.2, -0.15) is 0 Å². The van der Waals surface area contributed by atoms with E-state index in [1.807, 2.05) is 31.2 Å². The molecule has 0 aromatic heterocycles. The third-order valence-corrected chi connectivity index (χ3v) is 5.92. The van der Waals surface area contributed by atoms with Crippen molar-refractivity contribution in [2.45, 2.75) is 20.3 Å². The molecule has 156 valence electrons. The Morgan fingerprint density at radius 1 is 0.871 bits per heavy atom. The van der Waals surface area contributed by atoms with Gasteiger partial charge in [0.15, 0.2) is 0 Å². The number of imide groups is 1. The van der Waals surface area contributed by atoms with Crippen LogP contribution in [0.4, 0.5) is 11.4 Å². The zero-order valence-corrected chi connectivity index (χ0v) is 18.6. The third-order valence-electron chi connectivity index (χ3n) is 5.26. The van der Waals surface area contributed by atoms with Crippen LogP contribution in [0.5, 0.6) is 0 Å². The third kappa shape index (κ3) is 4.09. The molecule has 0 aliphatic carbocycles. The minimum Gasteiger partial charge on any atom is -0.350 e. The van der Waals surface area contributed by atoms with Gasteiger partial charge in [0.25, 0.3) is 11.8 Å². The number of nitrogens with zero attached hydrogens (tertiary/aromatic N) is 1. The number of hydrogen-bond acceptors (Lipinski definition) is 3. The highest BCUT2D eigenvalue weighted by Gasteiger charge is 2.40. The Balaban J connectivity index is 1.80. The van der Waals surface area contributed by atoms with E-state index in [-0.39, 0.29) is 11.3 Å². The summed E-state index contributed by atoms with van der Waals surface area (Å²) in [5.74, 6) is -0.852. The Bertz CT molecular complexity index is 1200. The van der Waals surface area contributed by atoms with Gasteiger partial charge in [0.2, 0.25) is 0 Å². The fourth-order valence-corrected chi connectivity index (χ4v) is 3.75. The molecule has 0 saturated carbocycles. The monoisotopic (exact) mass is 450 g/mol. The second-order valence-corrected chi connectivity index (χ2v) is 8.16. The molecule has 0 fully saturated rings. The molecule has 1 heterocycles. The maximum atomic E-state index is 13.4. The summed E-state index contributed by atoms with van der Waals surface area (Å²) in [6.07, 6.45) is 0.915. The topological polar surface area (TPSA) is 49.4 Å². The highest BCUT2D eigenvalue weighted by molar-refractivity contribution is 6.46. The van der Waals surface area contributed by atoms with E-state index >= 15 is 0 Å². The SMILES string of the molecule is CCc1ccc(NC2=C(c3ccc(Cl)cc3)C(=O)N(c3ccc(C)c(Cl)c3)C2=O)cc1. The average molecular weight is 451 g/mol. The van der Waals surface area contributed by atoms with Gasteiger partial charge in [0.1, 0.15) is 5.70 Å². The number of benzene rings is 3. The van der Waals surface area contributed by atoms with Gasteiger partial charge < -0.3 is 5.32 Å². The van der Waals surface area contributed by atoms with Crippen LogP contribution in [0.2, 0.25) is 10.0 Å². The molecule has 0 bridgehead atoms. The summed E-state index contributed by atoms with van der Waals surface area (Å²) in [4.78, 5) is 28.0. The maximum Gasteiger partial charge on any atom is 0.282 e. The van der Waals surface area contributed by atoms with Gasteiger partial charge >= 0.3 is 0 Å². The van der Waals surface area contributed by atoms with E-state index in [4.69, 9.17) is 23.2 Å². The maximum absolute atomic E-state index is 13.4. The summed E-state index contributed by atoms with van der Waals surface area (Å²) in [6, 6.07) is 19.8.